The fourth-order valence-electron chi connectivity index (χ4n) is 2.36. The van der Waals surface area contributed by atoms with Crippen molar-refractivity contribution < 1.29 is 4.84 Å². The molecule has 1 saturated heterocycles. The van der Waals surface area contributed by atoms with Gasteiger partial charge in [-0.1, -0.05) is 18.2 Å². The maximum absolute atomic E-state index is 5.52. The molecule has 3 nitrogen and oxygen atoms in total. The molecule has 1 aromatic carbocycles. The van der Waals surface area contributed by atoms with Crippen LogP contribution >= 0.6 is 0 Å². The molecule has 1 aromatic rings. The van der Waals surface area contributed by atoms with E-state index in [0.717, 1.165) is 39.1 Å². The van der Waals surface area contributed by atoms with Crippen LogP contribution in [0.5, 0.6) is 0 Å². The number of para-hydroxylation sites is 1. The third kappa shape index (κ3) is 1.73. The molecule has 15 heavy (non-hydrogen) atoms. The smallest absolute Gasteiger partial charge is 0.0698 e. The number of fused-ring (bicyclic) bond motifs is 1. The van der Waals surface area contributed by atoms with Crippen LogP contribution in [0, 0.1) is 0 Å². The summed E-state index contributed by atoms with van der Waals surface area (Å²) in [6.07, 6.45) is 2.31. The van der Waals surface area contributed by atoms with E-state index in [1.54, 1.807) is 0 Å². The van der Waals surface area contributed by atoms with Crippen molar-refractivity contribution in [2.45, 2.75) is 19.4 Å². The molecule has 2 aliphatic heterocycles. The highest BCUT2D eigenvalue weighted by Crippen LogP contribution is 2.27. The second-order valence-electron chi connectivity index (χ2n) is 4.18. The minimum absolute atomic E-state index is 0.877. The fraction of sp³-hybridized carbons (Fsp3) is 0.500. The van der Waals surface area contributed by atoms with Crippen molar-refractivity contribution in [1.82, 2.24) is 5.06 Å². The van der Waals surface area contributed by atoms with Gasteiger partial charge in [-0.25, -0.2) is 0 Å². The molecule has 1 N–H and O–H groups in total. The van der Waals surface area contributed by atoms with E-state index >= 15 is 0 Å². The van der Waals surface area contributed by atoms with Crippen molar-refractivity contribution in [3.8, 4) is 0 Å². The van der Waals surface area contributed by atoms with Crippen LogP contribution in [0.25, 0.3) is 0 Å². The minimum atomic E-state index is 0.877. The van der Waals surface area contributed by atoms with E-state index in [2.05, 4.69) is 28.6 Å². The average molecular weight is 204 g/mol. The number of hydrogen-bond donors (Lipinski definition) is 1. The SMILES string of the molecule is c1cc2c(c(CN3CCCO3)c1)NCC2. The van der Waals surface area contributed by atoms with E-state index in [9.17, 15) is 0 Å². The number of rotatable bonds is 2. The molecule has 80 valence electrons. The van der Waals surface area contributed by atoms with Crippen LogP contribution in [0.3, 0.4) is 0 Å². The summed E-state index contributed by atoms with van der Waals surface area (Å²) in [4.78, 5) is 5.52. The van der Waals surface area contributed by atoms with Gasteiger partial charge in [0.05, 0.1) is 13.2 Å². The van der Waals surface area contributed by atoms with Crippen molar-refractivity contribution in [2.24, 2.45) is 0 Å². The number of benzene rings is 1. The lowest BCUT2D eigenvalue weighted by atomic mass is 10.1. The normalized spacial score (nSPS) is 20.3. The molecule has 0 spiro atoms. The standard InChI is InChI=1S/C12H16N2O/c1-3-10-5-6-13-12(10)11(4-1)9-14-7-2-8-15-14/h1,3-4,13H,2,5-9H2. The molecule has 0 aliphatic carbocycles. The number of hydrogen-bond acceptors (Lipinski definition) is 3. The topological polar surface area (TPSA) is 24.5 Å². The van der Waals surface area contributed by atoms with E-state index in [-0.39, 0.29) is 0 Å². The zero-order valence-corrected chi connectivity index (χ0v) is 8.83. The quantitative estimate of drug-likeness (QED) is 0.795. The Bertz CT molecular complexity index is 359. The number of hydroxylamine groups is 2. The molecule has 3 heteroatoms. The zero-order valence-electron chi connectivity index (χ0n) is 8.83. The van der Waals surface area contributed by atoms with Gasteiger partial charge in [0.2, 0.25) is 0 Å². The fourth-order valence-corrected chi connectivity index (χ4v) is 2.36. The second-order valence-corrected chi connectivity index (χ2v) is 4.18. The molecular weight excluding hydrogens is 188 g/mol. The molecule has 3 rings (SSSR count). The lowest BCUT2D eigenvalue weighted by molar-refractivity contribution is -0.117. The Morgan fingerprint density at radius 1 is 1.40 bits per heavy atom. The minimum Gasteiger partial charge on any atom is -0.384 e. The molecule has 0 bridgehead atoms. The van der Waals surface area contributed by atoms with E-state index < -0.39 is 0 Å². The highest BCUT2D eigenvalue weighted by molar-refractivity contribution is 5.61. The number of nitrogens with one attached hydrogen (secondary N) is 1. The van der Waals surface area contributed by atoms with E-state index in [1.807, 2.05) is 0 Å². The number of nitrogens with zero attached hydrogens (tertiary/aromatic N) is 1. The lowest BCUT2D eigenvalue weighted by Gasteiger charge is -2.16. The van der Waals surface area contributed by atoms with Gasteiger partial charge in [-0.2, -0.15) is 5.06 Å². The average Bonchev–Trinajstić information content (AvgIpc) is 2.87. The first-order chi connectivity index (χ1) is 7.43. The van der Waals surface area contributed by atoms with Gasteiger partial charge in [0.25, 0.3) is 0 Å². The summed E-state index contributed by atoms with van der Waals surface area (Å²) in [5.74, 6) is 0. The van der Waals surface area contributed by atoms with E-state index in [0.29, 0.717) is 0 Å². The largest absolute Gasteiger partial charge is 0.384 e. The van der Waals surface area contributed by atoms with Crippen LogP contribution in [-0.2, 0) is 17.8 Å². The second kappa shape index (κ2) is 3.83. The first-order valence-corrected chi connectivity index (χ1v) is 5.66. The predicted molar refractivity (Wildman–Crippen MR) is 59.6 cm³/mol. The van der Waals surface area contributed by atoms with Crippen LogP contribution in [0.2, 0.25) is 0 Å². The van der Waals surface area contributed by atoms with Gasteiger partial charge in [-0.05, 0) is 24.0 Å². The monoisotopic (exact) mass is 204 g/mol. The summed E-state index contributed by atoms with van der Waals surface area (Å²) in [5.41, 5.74) is 4.16. The van der Waals surface area contributed by atoms with E-state index in [1.165, 1.54) is 16.8 Å². The Balaban J connectivity index is 1.82. The summed E-state index contributed by atoms with van der Waals surface area (Å²) in [6, 6.07) is 6.56. The maximum Gasteiger partial charge on any atom is 0.0698 e. The third-order valence-electron chi connectivity index (χ3n) is 3.11. The van der Waals surface area contributed by atoms with Crippen molar-refractivity contribution in [3.05, 3.63) is 29.3 Å². The first kappa shape index (κ1) is 9.19. The van der Waals surface area contributed by atoms with E-state index in [4.69, 9.17) is 4.84 Å². The van der Waals surface area contributed by atoms with Crippen LogP contribution in [-0.4, -0.2) is 24.8 Å². The summed E-state index contributed by atoms with van der Waals surface area (Å²) < 4.78 is 0. The molecule has 0 amide bonds. The van der Waals surface area contributed by atoms with Crippen LogP contribution in [0.15, 0.2) is 18.2 Å². The molecule has 1 fully saturated rings. The summed E-state index contributed by atoms with van der Waals surface area (Å²) in [7, 11) is 0. The highest BCUT2D eigenvalue weighted by Gasteiger charge is 2.18. The van der Waals surface area contributed by atoms with Gasteiger partial charge in [-0.15, -0.1) is 0 Å². The van der Waals surface area contributed by atoms with Gasteiger partial charge in [-0.3, -0.25) is 4.84 Å². The maximum atomic E-state index is 5.52. The molecule has 0 saturated carbocycles. The van der Waals surface area contributed by atoms with Crippen molar-refractivity contribution in [2.75, 3.05) is 25.0 Å². The Kier molecular flexibility index (Phi) is 2.35. The summed E-state index contributed by atoms with van der Waals surface area (Å²) in [5, 5.41) is 5.53. The third-order valence-corrected chi connectivity index (χ3v) is 3.11. The van der Waals surface area contributed by atoms with Gasteiger partial charge in [0.15, 0.2) is 0 Å². The van der Waals surface area contributed by atoms with Gasteiger partial charge in [0, 0.05) is 18.8 Å². The number of anilines is 1. The molecule has 0 atom stereocenters. The van der Waals surface area contributed by atoms with Crippen LogP contribution in [0.1, 0.15) is 17.5 Å². The Hall–Kier alpha value is -1.06. The zero-order chi connectivity index (χ0) is 10.1. The lowest BCUT2D eigenvalue weighted by Crippen LogP contribution is -2.17. The summed E-state index contributed by atoms with van der Waals surface area (Å²) in [6.45, 7) is 3.93. The Morgan fingerprint density at radius 3 is 3.27 bits per heavy atom. The molecule has 0 radical (unpaired) electrons. The van der Waals surface area contributed by atoms with Crippen molar-refractivity contribution in [1.29, 1.82) is 0 Å². The highest BCUT2D eigenvalue weighted by atomic mass is 16.7. The van der Waals surface area contributed by atoms with Gasteiger partial charge >= 0.3 is 0 Å². The molecule has 2 aliphatic rings. The first-order valence-electron chi connectivity index (χ1n) is 5.66. The van der Waals surface area contributed by atoms with Gasteiger partial charge < -0.3 is 5.32 Å². The van der Waals surface area contributed by atoms with Crippen molar-refractivity contribution in [3.63, 3.8) is 0 Å². The van der Waals surface area contributed by atoms with Gasteiger partial charge in [0.1, 0.15) is 0 Å². The predicted octanol–water partition coefficient (Wildman–Crippen LogP) is 1.79. The molecule has 0 aromatic heterocycles. The molecule has 2 heterocycles. The Morgan fingerprint density at radius 2 is 2.40 bits per heavy atom. The van der Waals surface area contributed by atoms with Crippen molar-refractivity contribution >= 4 is 5.69 Å². The Labute approximate surface area is 90.0 Å². The summed E-state index contributed by atoms with van der Waals surface area (Å²) >= 11 is 0. The van der Waals surface area contributed by atoms with Crippen LogP contribution in [0.4, 0.5) is 5.69 Å². The molecular formula is C12H16N2O. The van der Waals surface area contributed by atoms with Crippen LogP contribution < -0.4 is 5.32 Å². The molecule has 0 unspecified atom stereocenters.